The number of ether oxygens (including phenoxy) is 1. The average Bonchev–Trinajstić information content (AvgIpc) is 2.41. The van der Waals surface area contributed by atoms with E-state index in [1.165, 1.54) is 7.11 Å². The van der Waals surface area contributed by atoms with Gasteiger partial charge in [-0.1, -0.05) is 23.2 Å². The predicted octanol–water partition coefficient (Wildman–Crippen LogP) is 3.12. The predicted molar refractivity (Wildman–Crippen MR) is 73.5 cm³/mol. The van der Waals surface area contributed by atoms with Crippen LogP contribution in [0.1, 0.15) is 15.9 Å². The summed E-state index contributed by atoms with van der Waals surface area (Å²) in [6.45, 7) is 0.556. The summed E-state index contributed by atoms with van der Waals surface area (Å²) < 4.78 is 6.55. The molecule has 0 fully saturated rings. The standard InChI is InChI=1S/C14H12Cl2NO2/c1-19-14(18)11-3-2-6-17(9-11)8-10-4-5-12(15)7-13(10)16/h2-7,9H,8H2,1H3/q+1. The quantitative estimate of drug-likeness (QED) is 0.643. The lowest BCUT2D eigenvalue weighted by Crippen LogP contribution is -2.34. The van der Waals surface area contributed by atoms with Gasteiger partial charge in [-0.3, -0.25) is 0 Å². The molecule has 1 aromatic carbocycles. The van der Waals surface area contributed by atoms with Crippen molar-refractivity contribution in [2.45, 2.75) is 6.54 Å². The normalized spacial score (nSPS) is 10.3. The summed E-state index contributed by atoms with van der Waals surface area (Å²) in [5.41, 5.74) is 1.42. The Kier molecular flexibility index (Phi) is 4.40. The van der Waals surface area contributed by atoms with Gasteiger partial charge in [0.05, 0.1) is 12.1 Å². The molecule has 0 radical (unpaired) electrons. The molecule has 3 nitrogen and oxygen atoms in total. The lowest BCUT2D eigenvalue weighted by molar-refractivity contribution is -0.688. The summed E-state index contributed by atoms with van der Waals surface area (Å²) >= 11 is 12.0. The summed E-state index contributed by atoms with van der Waals surface area (Å²) in [6.07, 6.45) is 3.58. The number of rotatable bonds is 3. The third-order valence-corrected chi connectivity index (χ3v) is 3.23. The molecule has 0 unspecified atom stereocenters. The van der Waals surface area contributed by atoms with Crippen molar-refractivity contribution in [1.29, 1.82) is 0 Å². The van der Waals surface area contributed by atoms with Crippen LogP contribution in [-0.4, -0.2) is 13.1 Å². The highest BCUT2D eigenvalue weighted by Crippen LogP contribution is 2.20. The molecule has 0 bridgehead atoms. The van der Waals surface area contributed by atoms with Crippen LogP contribution in [0.4, 0.5) is 0 Å². The van der Waals surface area contributed by atoms with Gasteiger partial charge in [-0.25, -0.2) is 4.79 Å². The molecular formula is C14H12Cl2NO2+. The minimum Gasteiger partial charge on any atom is -0.465 e. The van der Waals surface area contributed by atoms with Gasteiger partial charge >= 0.3 is 5.97 Å². The number of pyridine rings is 1. The van der Waals surface area contributed by atoms with Crippen LogP contribution in [0.2, 0.25) is 10.0 Å². The van der Waals surface area contributed by atoms with Gasteiger partial charge in [0.15, 0.2) is 18.9 Å². The van der Waals surface area contributed by atoms with E-state index in [1.54, 1.807) is 30.5 Å². The Labute approximate surface area is 121 Å². The fraction of sp³-hybridized carbons (Fsp3) is 0.143. The number of hydrogen-bond donors (Lipinski definition) is 0. The van der Waals surface area contributed by atoms with Gasteiger partial charge in [-0.05, 0) is 24.3 Å². The maximum Gasteiger partial charge on any atom is 0.343 e. The van der Waals surface area contributed by atoms with Crippen molar-refractivity contribution in [1.82, 2.24) is 0 Å². The number of aromatic nitrogens is 1. The van der Waals surface area contributed by atoms with Crippen molar-refractivity contribution in [3.63, 3.8) is 0 Å². The van der Waals surface area contributed by atoms with Gasteiger partial charge in [-0.15, -0.1) is 0 Å². The van der Waals surface area contributed by atoms with E-state index >= 15 is 0 Å². The number of carbonyl (C=O) groups excluding carboxylic acids is 1. The third-order valence-electron chi connectivity index (χ3n) is 2.65. The summed E-state index contributed by atoms with van der Waals surface area (Å²) in [7, 11) is 1.36. The van der Waals surface area contributed by atoms with E-state index in [2.05, 4.69) is 4.74 Å². The van der Waals surface area contributed by atoms with E-state index < -0.39 is 0 Å². The van der Waals surface area contributed by atoms with Crippen molar-refractivity contribution in [3.8, 4) is 0 Å². The Hall–Kier alpha value is -1.58. The molecule has 0 atom stereocenters. The molecule has 1 heterocycles. The first-order valence-electron chi connectivity index (χ1n) is 5.61. The Morgan fingerprint density at radius 3 is 2.79 bits per heavy atom. The van der Waals surface area contributed by atoms with Crippen molar-refractivity contribution in [2.24, 2.45) is 0 Å². The minimum atomic E-state index is -0.364. The largest absolute Gasteiger partial charge is 0.465 e. The molecule has 0 saturated carbocycles. The Morgan fingerprint density at radius 1 is 1.32 bits per heavy atom. The Morgan fingerprint density at radius 2 is 2.11 bits per heavy atom. The molecule has 1 aromatic heterocycles. The Balaban J connectivity index is 2.26. The SMILES string of the molecule is COC(=O)c1ccc[n+](Cc2ccc(Cl)cc2Cl)c1. The third kappa shape index (κ3) is 3.46. The smallest absolute Gasteiger partial charge is 0.343 e. The average molecular weight is 297 g/mol. The van der Waals surface area contributed by atoms with Gasteiger partial charge in [-0.2, -0.15) is 4.57 Å². The first kappa shape index (κ1) is 13.8. The molecule has 0 saturated heterocycles. The molecule has 19 heavy (non-hydrogen) atoms. The number of methoxy groups -OCH3 is 1. The molecule has 0 aliphatic heterocycles. The highest BCUT2D eigenvalue weighted by Gasteiger charge is 2.12. The van der Waals surface area contributed by atoms with Crippen LogP contribution in [-0.2, 0) is 11.3 Å². The molecule has 98 valence electrons. The van der Waals surface area contributed by atoms with Crippen LogP contribution in [0, 0.1) is 0 Å². The highest BCUT2D eigenvalue weighted by molar-refractivity contribution is 6.35. The van der Waals surface area contributed by atoms with E-state index in [1.807, 2.05) is 16.8 Å². The molecule has 0 aliphatic carbocycles. The van der Waals surface area contributed by atoms with Crippen LogP contribution >= 0.6 is 23.2 Å². The van der Waals surface area contributed by atoms with Crippen LogP contribution in [0.15, 0.2) is 42.7 Å². The lowest BCUT2D eigenvalue weighted by atomic mass is 10.2. The van der Waals surface area contributed by atoms with Gasteiger partial charge in [0.2, 0.25) is 0 Å². The van der Waals surface area contributed by atoms with E-state index in [9.17, 15) is 4.79 Å². The number of benzene rings is 1. The van der Waals surface area contributed by atoms with Crippen LogP contribution < -0.4 is 4.57 Å². The number of esters is 1. The summed E-state index contributed by atoms with van der Waals surface area (Å²) in [5.74, 6) is -0.364. The topological polar surface area (TPSA) is 30.2 Å². The van der Waals surface area contributed by atoms with Crippen molar-refractivity contribution >= 4 is 29.2 Å². The molecule has 0 aliphatic rings. The van der Waals surface area contributed by atoms with E-state index in [0.29, 0.717) is 22.2 Å². The summed E-state index contributed by atoms with van der Waals surface area (Å²) in [6, 6.07) is 8.83. The molecule has 5 heteroatoms. The van der Waals surface area contributed by atoms with Gasteiger partial charge in [0.25, 0.3) is 0 Å². The summed E-state index contributed by atoms with van der Waals surface area (Å²) in [5, 5.41) is 1.20. The fourth-order valence-electron chi connectivity index (χ4n) is 1.71. The number of hydrogen-bond acceptors (Lipinski definition) is 2. The maximum atomic E-state index is 11.5. The first-order valence-corrected chi connectivity index (χ1v) is 6.37. The van der Waals surface area contributed by atoms with Crippen molar-refractivity contribution < 1.29 is 14.1 Å². The van der Waals surface area contributed by atoms with Crippen LogP contribution in [0.25, 0.3) is 0 Å². The van der Waals surface area contributed by atoms with Crippen molar-refractivity contribution in [2.75, 3.05) is 7.11 Å². The molecule has 0 N–H and O–H groups in total. The Bertz CT molecular complexity index is 614. The molecule has 2 aromatic rings. The number of halogens is 2. The monoisotopic (exact) mass is 296 g/mol. The number of carbonyl (C=O) groups is 1. The highest BCUT2D eigenvalue weighted by atomic mass is 35.5. The number of nitrogens with zero attached hydrogens (tertiary/aromatic N) is 1. The molecule has 2 rings (SSSR count). The van der Waals surface area contributed by atoms with Gasteiger partial charge in [0, 0.05) is 16.7 Å². The molecule has 0 spiro atoms. The lowest BCUT2D eigenvalue weighted by Gasteiger charge is -2.03. The van der Waals surface area contributed by atoms with E-state index in [4.69, 9.17) is 23.2 Å². The minimum absolute atomic E-state index is 0.364. The van der Waals surface area contributed by atoms with Gasteiger partial charge in [0.1, 0.15) is 5.56 Å². The zero-order valence-corrected chi connectivity index (χ0v) is 11.8. The zero-order valence-electron chi connectivity index (χ0n) is 10.3. The van der Waals surface area contributed by atoms with E-state index in [-0.39, 0.29) is 5.97 Å². The second-order valence-corrected chi connectivity index (χ2v) is 4.84. The molecule has 0 amide bonds. The fourth-order valence-corrected chi connectivity index (χ4v) is 2.17. The van der Waals surface area contributed by atoms with Crippen LogP contribution in [0.5, 0.6) is 0 Å². The van der Waals surface area contributed by atoms with Crippen LogP contribution in [0.3, 0.4) is 0 Å². The van der Waals surface area contributed by atoms with E-state index in [0.717, 1.165) is 5.56 Å². The first-order chi connectivity index (χ1) is 9.10. The second kappa shape index (κ2) is 6.04. The molecular weight excluding hydrogens is 285 g/mol. The van der Waals surface area contributed by atoms with Crippen molar-refractivity contribution in [3.05, 3.63) is 63.9 Å². The summed E-state index contributed by atoms with van der Waals surface area (Å²) in [4.78, 5) is 11.5. The maximum absolute atomic E-state index is 11.5. The van der Waals surface area contributed by atoms with Gasteiger partial charge < -0.3 is 4.74 Å². The second-order valence-electron chi connectivity index (χ2n) is 3.99. The zero-order chi connectivity index (χ0) is 13.8.